The van der Waals surface area contributed by atoms with Crippen molar-refractivity contribution in [1.29, 1.82) is 0 Å². The molecule has 0 spiro atoms. The number of carbonyl (C=O) groups excluding carboxylic acids is 1. The minimum Gasteiger partial charge on any atom is -0.334 e. The van der Waals surface area contributed by atoms with E-state index in [1.54, 1.807) is 11.3 Å². The molecule has 3 nitrogen and oxygen atoms in total. The summed E-state index contributed by atoms with van der Waals surface area (Å²) in [7, 11) is 0. The van der Waals surface area contributed by atoms with Crippen molar-refractivity contribution in [3.63, 3.8) is 0 Å². The Balaban J connectivity index is 1.76. The SMILES string of the molecule is CC1CCC(CN)(C(=O)N(Cc2cccs2)C2CC2)CC1. The lowest BCUT2D eigenvalue weighted by atomic mass is 9.70. The van der Waals surface area contributed by atoms with Crippen molar-refractivity contribution in [2.45, 2.75) is 58.0 Å². The molecule has 1 heterocycles. The molecule has 0 radical (unpaired) electrons. The number of nitrogens with two attached hydrogens (primary N) is 1. The molecule has 1 aromatic rings. The molecule has 1 amide bonds. The zero-order chi connectivity index (χ0) is 14.9. The van der Waals surface area contributed by atoms with Gasteiger partial charge in [0.25, 0.3) is 0 Å². The fourth-order valence-electron chi connectivity index (χ4n) is 3.45. The highest BCUT2D eigenvalue weighted by atomic mass is 32.1. The first kappa shape index (κ1) is 15.0. The fraction of sp³-hybridized carbons (Fsp3) is 0.706. The first-order chi connectivity index (χ1) is 10.1. The van der Waals surface area contributed by atoms with Gasteiger partial charge in [-0.1, -0.05) is 13.0 Å². The van der Waals surface area contributed by atoms with Crippen LogP contribution in [0.2, 0.25) is 0 Å². The van der Waals surface area contributed by atoms with Gasteiger partial charge in [-0.15, -0.1) is 11.3 Å². The zero-order valence-corrected chi connectivity index (χ0v) is 13.7. The minimum absolute atomic E-state index is 0.285. The van der Waals surface area contributed by atoms with Crippen LogP contribution in [0.5, 0.6) is 0 Å². The molecule has 0 unspecified atom stereocenters. The molecule has 2 N–H and O–H groups in total. The largest absolute Gasteiger partial charge is 0.334 e. The van der Waals surface area contributed by atoms with Crippen LogP contribution < -0.4 is 5.73 Å². The summed E-state index contributed by atoms with van der Waals surface area (Å²) < 4.78 is 0. The van der Waals surface area contributed by atoms with Crippen molar-refractivity contribution in [3.8, 4) is 0 Å². The summed E-state index contributed by atoms with van der Waals surface area (Å²) in [6.45, 7) is 3.57. The lowest BCUT2D eigenvalue weighted by Gasteiger charge is -2.40. The van der Waals surface area contributed by atoms with Crippen LogP contribution in [0.4, 0.5) is 0 Å². The molecule has 2 saturated carbocycles. The van der Waals surface area contributed by atoms with E-state index in [1.807, 2.05) is 0 Å². The Kier molecular flexibility index (Phi) is 4.36. The van der Waals surface area contributed by atoms with E-state index in [1.165, 1.54) is 4.88 Å². The van der Waals surface area contributed by atoms with Crippen molar-refractivity contribution in [3.05, 3.63) is 22.4 Å². The molecule has 2 fully saturated rings. The quantitative estimate of drug-likeness (QED) is 0.906. The second-order valence-electron chi connectivity index (χ2n) is 6.91. The van der Waals surface area contributed by atoms with Crippen molar-refractivity contribution in [2.75, 3.05) is 6.54 Å². The van der Waals surface area contributed by atoms with Crippen LogP contribution >= 0.6 is 11.3 Å². The normalized spacial score (nSPS) is 29.3. The predicted molar refractivity (Wildman–Crippen MR) is 87.0 cm³/mol. The number of thiophene rings is 1. The van der Waals surface area contributed by atoms with Gasteiger partial charge in [-0.05, 0) is 55.9 Å². The van der Waals surface area contributed by atoms with Gasteiger partial charge < -0.3 is 10.6 Å². The summed E-state index contributed by atoms with van der Waals surface area (Å²) >= 11 is 1.74. The summed E-state index contributed by atoms with van der Waals surface area (Å²) in [6.07, 6.45) is 6.54. The molecular formula is C17H26N2OS. The van der Waals surface area contributed by atoms with Gasteiger partial charge in [0.2, 0.25) is 5.91 Å². The van der Waals surface area contributed by atoms with Gasteiger partial charge in [0.15, 0.2) is 0 Å². The molecule has 21 heavy (non-hydrogen) atoms. The van der Waals surface area contributed by atoms with Gasteiger partial charge in [0.1, 0.15) is 0 Å². The van der Waals surface area contributed by atoms with Gasteiger partial charge in [-0.25, -0.2) is 0 Å². The summed E-state index contributed by atoms with van der Waals surface area (Å²) in [5, 5.41) is 2.09. The van der Waals surface area contributed by atoms with Crippen LogP contribution in [0, 0.1) is 11.3 Å². The summed E-state index contributed by atoms with van der Waals surface area (Å²) in [5.41, 5.74) is 5.79. The van der Waals surface area contributed by atoms with E-state index in [-0.39, 0.29) is 5.41 Å². The monoisotopic (exact) mass is 306 g/mol. The third-order valence-electron chi connectivity index (χ3n) is 5.23. The first-order valence-corrected chi connectivity index (χ1v) is 9.06. The van der Waals surface area contributed by atoms with E-state index in [4.69, 9.17) is 5.73 Å². The molecule has 1 aromatic heterocycles. The molecule has 0 bridgehead atoms. The van der Waals surface area contributed by atoms with Crippen LogP contribution in [-0.4, -0.2) is 23.4 Å². The lowest BCUT2D eigenvalue weighted by molar-refractivity contribution is -0.145. The minimum atomic E-state index is -0.285. The molecule has 0 saturated heterocycles. The number of nitrogens with zero attached hydrogens (tertiary/aromatic N) is 1. The van der Waals surface area contributed by atoms with E-state index in [9.17, 15) is 4.79 Å². The molecular weight excluding hydrogens is 280 g/mol. The number of hydrogen-bond acceptors (Lipinski definition) is 3. The standard InChI is InChI=1S/C17H26N2OS/c1-13-6-8-17(12-18,9-7-13)16(20)19(14-4-5-14)11-15-3-2-10-21-15/h2-3,10,13-14H,4-9,11-12,18H2,1H3. The summed E-state index contributed by atoms with van der Waals surface area (Å²) in [5.74, 6) is 1.07. The maximum absolute atomic E-state index is 13.2. The topological polar surface area (TPSA) is 46.3 Å². The molecule has 4 heteroatoms. The molecule has 0 aromatic carbocycles. The second kappa shape index (κ2) is 6.09. The van der Waals surface area contributed by atoms with Crippen molar-refractivity contribution >= 4 is 17.2 Å². The van der Waals surface area contributed by atoms with E-state index >= 15 is 0 Å². The Labute approximate surface area is 131 Å². The van der Waals surface area contributed by atoms with Crippen LogP contribution in [0.3, 0.4) is 0 Å². The Hall–Kier alpha value is -0.870. The van der Waals surface area contributed by atoms with Crippen molar-refractivity contribution < 1.29 is 4.79 Å². The number of hydrogen-bond donors (Lipinski definition) is 1. The Bertz CT molecular complexity index is 473. The maximum Gasteiger partial charge on any atom is 0.230 e. The van der Waals surface area contributed by atoms with Gasteiger partial charge in [0, 0.05) is 17.5 Å². The van der Waals surface area contributed by atoms with Crippen LogP contribution in [0.1, 0.15) is 50.3 Å². The highest BCUT2D eigenvalue weighted by Gasteiger charge is 2.45. The Morgan fingerprint density at radius 2 is 2.10 bits per heavy atom. The van der Waals surface area contributed by atoms with E-state index in [0.717, 1.165) is 51.0 Å². The average Bonchev–Trinajstić information content (AvgIpc) is 3.22. The van der Waals surface area contributed by atoms with Crippen LogP contribution in [0.15, 0.2) is 17.5 Å². The first-order valence-electron chi connectivity index (χ1n) is 8.18. The van der Waals surface area contributed by atoms with Crippen molar-refractivity contribution in [2.24, 2.45) is 17.1 Å². The van der Waals surface area contributed by atoms with Crippen LogP contribution in [0.25, 0.3) is 0 Å². The lowest BCUT2D eigenvalue weighted by Crippen LogP contribution is -2.50. The third kappa shape index (κ3) is 3.16. The number of amides is 1. The van der Waals surface area contributed by atoms with E-state index < -0.39 is 0 Å². The number of carbonyl (C=O) groups is 1. The fourth-order valence-corrected chi connectivity index (χ4v) is 4.15. The molecule has 2 aliphatic carbocycles. The molecule has 0 aliphatic heterocycles. The molecule has 0 atom stereocenters. The highest BCUT2D eigenvalue weighted by molar-refractivity contribution is 7.09. The van der Waals surface area contributed by atoms with Gasteiger partial charge >= 0.3 is 0 Å². The van der Waals surface area contributed by atoms with Crippen LogP contribution in [-0.2, 0) is 11.3 Å². The van der Waals surface area contributed by atoms with E-state index in [2.05, 4.69) is 29.3 Å². The summed E-state index contributed by atoms with van der Waals surface area (Å²) in [4.78, 5) is 16.6. The third-order valence-corrected chi connectivity index (χ3v) is 6.09. The maximum atomic E-state index is 13.2. The summed E-state index contributed by atoms with van der Waals surface area (Å²) in [6, 6.07) is 4.66. The van der Waals surface area contributed by atoms with Gasteiger partial charge in [-0.2, -0.15) is 0 Å². The predicted octanol–water partition coefficient (Wildman–Crippen LogP) is 3.39. The molecule has 116 valence electrons. The van der Waals surface area contributed by atoms with Gasteiger partial charge in [0.05, 0.1) is 12.0 Å². The Morgan fingerprint density at radius 3 is 2.62 bits per heavy atom. The average molecular weight is 306 g/mol. The molecule has 3 rings (SSSR count). The highest BCUT2D eigenvalue weighted by Crippen LogP contribution is 2.42. The number of rotatable bonds is 5. The smallest absolute Gasteiger partial charge is 0.230 e. The van der Waals surface area contributed by atoms with Crippen molar-refractivity contribution in [1.82, 2.24) is 4.90 Å². The van der Waals surface area contributed by atoms with E-state index in [0.29, 0.717) is 18.5 Å². The Morgan fingerprint density at radius 1 is 1.38 bits per heavy atom. The van der Waals surface area contributed by atoms with Gasteiger partial charge in [-0.3, -0.25) is 4.79 Å². The zero-order valence-electron chi connectivity index (χ0n) is 12.9. The second-order valence-corrected chi connectivity index (χ2v) is 7.94. The molecule has 2 aliphatic rings.